The van der Waals surface area contributed by atoms with Crippen molar-refractivity contribution in [3.63, 3.8) is 0 Å². The van der Waals surface area contributed by atoms with E-state index >= 15 is 4.79 Å². The minimum absolute atomic E-state index is 0.0760. The third kappa shape index (κ3) is 7.27. The van der Waals surface area contributed by atoms with Crippen LogP contribution in [0.25, 0.3) is 0 Å². The number of esters is 1. The van der Waals surface area contributed by atoms with E-state index in [9.17, 15) is 24.6 Å². The number of ketones is 1. The Morgan fingerprint density at radius 3 is 2.09 bits per heavy atom. The summed E-state index contributed by atoms with van der Waals surface area (Å²) in [6, 6.07) is 0. The van der Waals surface area contributed by atoms with Crippen molar-refractivity contribution in [2.24, 2.45) is 68.0 Å². The molecule has 300 valence electrons. The number of piperidine rings is 1. The van der Waals surface area contributed by atoms with Gasteiger partial charge in [-0.2, -0.15) is 0 Å². The molecule has 1 heterocycles. The Morgan fingerprint density at radius 1 is 0.736 bits per heavy atom. The predicted octanol–water partition coefficient (Wildman–Crippen LogP) is 9.43. The average Bonchev–Trinajstić information content (AvgIpc) is 3.72. The van der Waals surface area contributed by atoms with Gasteiger partial charge in [0.25, 0.3) is 0 Å². The summed E-state index contributed by atoms with van der Waals surface area (Å²) in [5.74, 6) is 0.413. The number of carboxylic acid groups (broad SMARTS) is 2. The topological polar surface area (TPSA) is 121 Å². The Bertz CT molecular complexity index is 1410. The van der Waals surface area contributed by atoms with Gasteiger partial charge in [0, 0.05) is 23.3 Å². The lowest BCUT2D eigenvalue weighted by molar-refractivity contribution is -0.209. The summed E-state index contributed by atoms with van der Waals surface area (Å²) in [7, 11) is 0. The fourth-order valence-electron chi connectivity index (χ4n) is 14.0. The van der Waals surface area contributed by atoms with E-state index in [2.05, 4.69) is 46.4 Å². The number of fused-ring (bicyclic) bond motifs is 4. The Morgan fingerprint density at radius 2 is 1.43 bits per heavy atom. The Kier molecular flexibility index (Phi) is 11.1. The van der Waals surface area contributed by atoms with E-state index in [1.54, 1.807) is 13.8 Å². The first-order valence-corrected chi connectivity index (χ1v) is 21.6. The molecule has 9 atom stereocenters. The first-order valence-electron chi connectivity index (χ1n) is 21.6. The normalized spacial score (nSPS) is 40.5. The number of aliphatic carboxylic acids is 2. The molecule has 1 aliphatic heterocycles. The molecule has 0 aromatic heterocycles. The number of nitrogens with zero attached hydrogens (tertiary/aromatic N) is 1. The number of ether oxygens (including phenoxy) is 1. The fraction of sp³-hybridized carbons (Fsp3) is 0.911. The van der Waals surface area contributed by atoms with E-state index < -0.39 is 23.3 Å². The third-order valence-electron chi connectivity index (χ3n) is 17.8. The number of carbonyl (C=O) groups is 4. The maximum absolute atomic E-state index is 15.0. The molecule has 0 aromatic rings. The molecular formula is C45H73NO7. The van der Waals surface area contributed by atoms with Gasteiger partial charge in [0.1, 0.15) is 11.9 Å². The lowest BCUT2D eigenvalue weighted by Crippen LogP contribution is -2.61. The summed E-state index contributed by atoms with van der Waals surface area (Å²) in [6.45, 7) is 20.7. The molecule has 0 spiro atoms. The number of hydrogen-bond donors (Lipinski definition) is 2. The van der Waals surface area contributed by atoms with Crippen LogP contribution in [-0.2, 0) is 23.9 Å². The molecule has 5 unspecified atom stereocenters. The molecule has 0 radical (unpaired) electrons. The zero-order valence-corrected chi connectivity index (χ0v) is 34.6. The van der Waals surface area contributed by atoms with Gasteiger partial charge in [-0.3, -0.25) is 19.2 Å². The molecule has 1 saturated heterocycles. The van der Waals surface area contributed by atoms with Crippen molar-refractivity contribution in [2.75, 3.05) is 19.6 Å². The second-order valence-electron chi connectivity index (χ2n) is 21.6. The van der Waals surface area contributed by atoms with Gasteiger partial charge in [-0.25, -0.2) is 0 Å². The molecule has 0 bridgehead atoms. The number of rotatable bonds is 9. The molecule has 53 heavy (non-hydrogen) atoms. The van der Waals surface area contributed by atoms with Gasteiger partial charge in [-0.1, -0.05) is 48.0 Å². The van der Waals surface area contributed by atoms with Crippen LogP contribution in [0.4, 0.5) is 0 Å². The monoisotopic (exact) mass is 740 g/mol. The van der Waals surface area contributed by atoms with Crippen LogP contribution in [0, 0.1) is 68.0 Å². The average molecular weight is 740 g/mol. The van der Waals surface area contributed by atoms with Crippen LogP contribution in [0.5, 0.6) is 0 Å². The summed E-state index contributed by atoms with van der Waals surface area (Å²) < 4.78 is 6.20. The maximum Gasteiger partial charge on any atom is 0.309 e. The van der Waals surface area contributed by atoms with Crippen molar-refractivity contribution in [1.29, 1.82) is 0 Å². The lowest BCUT2D eigenvalue weighted by Gasteiger charge is -2.67. The van der Waals surface area contributed by atoms with Gasteiger partial charge in [-0.15, -0.1) is 0 Å². The molecule has 6 aliphatic rings. The molecule has 2 N–H and O–H groups in total. The molecule has 5 saturated carbocycles. The summed E-state index contributed by atoms with van der Waals surface area (Å²) in [4.78, 5) is 53.8. The third-order valence-corrected chi connectivity index (χ3v) is 17.8. The number of hydrogen-bond acceptors (Lipinski definition) is 6. The van der Waals surface area contributed by atoms with Gasteiger partial charge in [-0.05, 0) is 163 Å². The van der Waals surface area contributed by atoms with Gasteiger partial charge >= 0.3 is 17.9 Å². The minimum atomic E-state index is -1.15. The SMILES string of the molecule is CC(C)(CC(=O)O[C@H]1CC[C@@]2(C)C(CC[C@]3(C)C2CCC2CCC[C@]2(C(=O)C2CCC(CN4CCC(C(=O)O)CC4)C2)CCC3(C)C)C1(C)C)C(=O)O. The number of carboxylic acids is 2. The highest BCUT2D eigenvalue weighted by atomic mass is 16.5. The first kappa shape index (κ1) is 40.7. The Hall–Kier alpha value is -1.96. The van der Waals surface area contributed by atoms with Crippen LogP contribution in [0.2, 0.25) is 0 Å². The predicted molar refractivity (Wildman–Crippen MR) is 206 cm³/mol. The zero-order chi connectivity index (χ0) is 38.8. The summed E-state index contributed by atoms with van der Waals surface area (Å²) in [5.41, 5.74) is -1.28. The van der Waals surface area contributed by atoms with E-state index in [0.717, 1.165) is 116 Å². The summed E-state index contributed by atoms with van der Waals surface area (Å²) in [5, 5.41) is 19.1. The van der Waals surface area contributed by atoms with E-state index in [4.69, 9.17) is 4.74 Å². The summed E-state index contributed by atoms with van der Waals surface area (Å²) in [6.07, 6.45) is 16.1. The van der Waals surface area contributed by atoms with Crippen molar-refractivity contribution < 1.29 is 34.1 Å². The number of likely N-dealkylation sites (tertiary alicyclic amines) is 1. The Labute approximate surface area is 320 Å². The van der Waals surface area contributed by atoms with Crippen molar-refractivity contribution in [3.8, 4) is 0 Å². The molecular weight excluding hydrogens is 666 g/mol. The largest absolute Gasteiger partial charge is 0.481 e. The second-order valence-corrected chi connectivity index (χ2v) is 21.6. The minimum Gasteiger partial charge on any atom is -0.481 e. The highest BCUT2D eigenvalue weighted by molar-refractivity contribution is 5.88. The van der Waals surface area contributed by atoms with E-state index in [0.29, 0.717) is 29.5 Å². The van der Waals surface area contributed by atoms with Crippen molar-refractivity contribution in [1.82, 2.24) is 4.90 Å². The quantitative estimate of drug-likeness (QED) is 0.225. The van der Waals surface area contributed by atoms with Crippen molar-refractivity contribution in [3.05, 3.63) is 0 Å². The Balaban J connectivity index is 1.17. The van der Waals surface area contributed by atoms with Crippen molar-refractivity contribution >= 4 is 23.7 Å². The maximum atomic E-state index is 15.0. The zero-order valence-electron chi connectivity index (χ0n) is 34.6. The lowest BCUT2D eigenvalue weighted by atomic mass is 9.38. The van der Waals surface area contributed by atoms with Crippen molar-refractivity contribution in [2.45, 2.75) is 171 Å². The highest BCUT2D eigenvalue weighted by Crippen LogP contribution is 2.71. The van der Waals surface area contributed by atoms with Gasteiger partial charge in [0.2, 0.25) is 0 Å². The molecule has 6 rings (SSSR count). The van der Waals surface area contributed by atoms with Crippen LogP contribution >= 0.6 is 0 Å². The van der Waals surface area contributed by atoms with E-state index in [1.807, 2.05) is 0 Å². The molecule has 8 nitrogen and oxygen atoms in total. The molecule has 6 fully saturated rings. The van der Waals surface area contributed by atoms with Crippen LogP contribution in [0.1, 0.15) is 165 Å². The van der Waals surface area contributed by atoms with Crippen LogP contribution in [0.3, 0.4) is 0 Å². The molecule has 8 heteroatoms. The van der Waals surface area contributed by atoms with E-state index in [-0.39, 0.29) is 51.4 Å². The first-order chi connectivity index (χ1) is 24.7. The van der Waals surface area contributed by atoms with E-state index in [1.165, 1.54) is 6.42 Å². The van der Waals surface area contributed by atoms with Crippen LogP contribution < -0.4 is 0 Å². The van der Waals surface area contributed by atoms with Gasteiger partial charge in [0.15, 0.2) is 0 Å². The van der Waals surface area contributed by atoms with Crippen LogP contribution in [0.15, 0.2) is 0 Å². The van der Waals surface area contributed by atoms with Gasteiger partial charge < -0.3 is 19.8 Å². The highest BCUT2D eigenvalue weighted by Gasteiger charge is 2.65. The second kappa shape index (κ2) is 14.5. The standard InChI is InChI=1S/C45H73NO7/c1-40(2,39(51)52)27-36(47)53-35-16-20-43(7)33(42(35,5)6)15-21-44(8)34(43)14-13-32-10-9-19-45(32,23-22-41(44,3)4)37(48)31-12-11-29(26-31)28-46-24-17-30(18-25-46)38(49)50/h29-35H,9-28H2,1-8H3,(H,49,50)(H,51,52)/t29?,31?,32?,33?,34?,35-,43-,44+,45-/m0/s1. The number of carbonyl (C=O) groups excluding carboxylic acids is 2. The molecule has 0 aromatic carbocycles. The van der Waals surface area contributed by atoms with Crippen LogP contribution in [-0.4, -0.2) is 64.5 Å². The fourth-order valence-corrected chi connectivity index (χ4v) is 14.0. The number of Topliss-reactive ketones (excluding diaryl/α,β-unsaturated/α-hetero) is 1. The smallest absolute Gasteiger partial charge is 0.309 e. The summed E-state index contributed by atoms with van der Waals surface area (Å²) >= 11 is 0. The molecule has 5 aliphatic carbocycles. The van der Waals surface area contributed by atoms with Gasteiger partial charge in [0.05, 0.1) is 17.8 Å². The molecule has 0 amide bonds.